The Bertz CT molecular complexity index is 1360. The van der Waals surface area contributed by atoms with Gasteiger partial charge in [0.05, 0.1) is 17.6 Å². The number of hydrogen-bond donors (Lipinski definition) is 4. The fourth-order valence-electron chi connectivity index (χ4n) is 4.95. The summed E-state index contributed by atoms with van der Waals surface area (Å²) in [6.07, 6.45) is 4.49. The number of rotatable bonds is 5. The quantitative estimate of drug-likeness (QED) is 0.267. The maximum atomic E-state index is 13.3. The molecule has 0 bridgehead atoms. The zero-order chi connectivity index (χ0) is 23.0. The third-order valence-electron chi connectivity index (χ3n) is 6.86. The molecule has 0 saturated heterocycles. The molecule has 6 nitrogen and oxygen atoms in total. The predicted molar refractivity (Wildman–Crippen MR) is 135 cm³/mol. The maximum absolute atomic E-state index is 13.3. The molecule has 1 amide bonds. The number of nitrogens with one attached hydrogen (secondary N) is 2. The summed E-state index contributed by atoms with van der Waals surface area (Å²) in [5.74, 6) is 0.596. The van der Waals surface area contributed by atoms with E-state index >= 15 is 0 Å². The van der Waals surface area contributed by atoms with Crippen molar-refractivity contribution in [2.75, 3.05) is 5.32 Å². The van der Waals surface area contributed by atoms with Crippen molar-refractivity contribution < 1.29 is 4.79 Å². The van der Waals surface area contributed by atoms with Gasteiger partial charge in [0.1, 0.15) is 11.7 Å². The highest BCUT2D eigenvalue weighted by atomic mass is 16.2. The maximum Gasteiger partial charge on any atom is 0.245 e. The molecule has 1 fully saturated rings. The van der Waals surface area contributed by atoms with Crippen molar-refractivity contribution in [3.05, 3.63) is 77.9 Å². The summed E-state index contributed by atoms with van der Waals surface area (Å²) in [4.78, 5) is 13.3. The van der Waals surface area contributed by atoms with Gasteiger partial charge in [0, 0.05) is 10.9 Å². The van der Waals surface area contributed by atoms with Gasteiger partial charge in [-0.2, -0.15) is 0 Å². The van der Waals surface area contributed by atoms with Crippen LogP contribution < -0.4 is 16.8 Å². The van der Waals surface area contributed by atoms with Gasteiger partial charge in [0.25, 0.3) is 0 Å². The average Bonchev–Trinajstić information content (AvgIpc) is 3.16. The number of nitrogen functional groups attached to an aromatic ring is 1. The lowest BCUT2D eigenvalue weighted by atomic mass is 9.82. The molecule has 6 N–H and O–H groups in total. The van der Waals surface area contributed by atoms with E-state index in [1.807, 2.05) is 36.4 Å². The summed E-state index contributed by atoms with van der Waals surface area (Å²) in [7, 11) is 0. The van der Waals surface area contributed by atoms with E-state index in [-0.39, 0.29) is 11.7 Å². The van der Waals surface area contributed by atoms with E-state index in [1.54, 1.807) is 0 Å². The van der Waals surface area contributed by atoms with E-state index < -0.39 is 5.54 Å². The van der Waals surface area contributed by atoms with Crippen LogP contribution in [0.2, 0.25) is 0 Å². The standard InChI is InChI=1S/C27H29N5O/c28-25(29)20-12-11-19-16-24(31-26(33)27(30)13-4-1-5-14-27)32(23(19)15-20)17-21-9-6-8-18-7-2-3-10-22(18)21/h2-3,6-12,15-16H,1,4-5,13-14,17,30H2,(H3,28,29)(H,31,33). The first kappa shape index (κ1) is 21.2. The van der Waals surface area contributed by atoms with Gasteiger partial charge in [-0.25, -0.2) is 0 Å². The Labute approximate surface area is 193 Å². The number of fused-ring (bicyclic) bond motifs is 2. The van der Waals surface area contributed by atoms with Crippen LogP contribution in [0.1, 0.15) is 43.2 Å². The second-order valence-electron chi connectivity index (χ2n) is 9.11. The minimum atomic E-state index is -0.830. The molecule has 3 aromatic carbocycles. The number of carbonyl (C=O) groups is 1. The van der Waals surface area contributed by atoms with E-state index in [9.17, 15) is 4.79 Å². The van der Waals surface area contributed by atoms with Gasteiger partial charge in [-0.1, -0.05) is 73.9 Å². The average molecular weight is 440 g/mol. The van der Waals surface area contributed by atoms with Crippen LogP contribution in [-0.4, -0.2) is 21.8 Å². The molecule has 1 saturated carbocycles. The summed E-state index contributed by atoms with van der Waals surface area (Å²) < 4.78 is 2.09. The van der Waals surface area contributed by atoms with Gasteiger partial charge < -0.3 is 21.4 Å². The number of amides is 1. The zero-order valence-corrected chi connectivity index (χ0v) is 18.6. The fraction of sp³-hybridized carbons (Fsp3) is 0.259. The van der Waals surface area contributed by atoms with E-state index in [2.05, 4.69) is 40.2 Å². The van der Waals surface area contributed by atoms with Gasteiger partial charge in [-0.3, -0.25) is 10.2 Å². The Balaban J connectivity index is 1.60. The lowest BCUT2D eigenvalue weighted by Crippen LogP contribution is -2.52. The number of nitrogens with two attached hydrogens (primary N) is 2. The number of hydrogen-bond acceptors (Lipinski definition) is 3. The summed E-state index contributed by atoms with van der Waals surface area (Å²) in [5, 5.41) is 14.3. The van der Waals surface area contributed by atoms with Crippen LogP contribution in [0.25, 0.3) is 21.7 Å². The van der Waals surface area contributed by atoms with Crippen LogP contribution in [0.3, 0.4) is 0 Å². The number of nitrogens with zero attached hydrogens (tertiary/aromatic N) is 1. The largest absolute Gasteiger partial charge is 0.384 e. The summed E-state index contributed by atoms with van der Waals surface area (Å²) in [6, 6.07) is 22.2. The number of amidine groups is 1. The van der Waals surface area contributed by atoms with Crippen molar-refractivity contribution in [2.45, 2.75) is 44.2 Å². The second kappa shape index (κ2) is 8.37. The highest BCUT2D eigenvalue weighted by Crippen LogP contribution is 2.31. The molecule has 0 aliphatic heterocycles. The Hall–Kier alpha value is -3.64. The van der Waals surface area contributed by atoms with Crippen LogP contribution in [0.5, 0.6) is 0 Å². The molecule has 33 heavy (non-hydrogen) atoms. The molecule has 4 aromatic rings. The Kier molecular flexibility index (Phi) is 5.38. The van der Waals surface area contributed by atoms with Gasteiger partial charge in [0.15, 0.2) is 0 Å². The summed E-state index contributed by atoms with van der Waals surface area (Å²) in [6.45, 7) is 0.569. The van der Waals surface area contributed by atoms with E-state index in [0.717, 1.165) is 35.7 Å². The van der Waals surface area contributed by atoms with Gasteiger partial charge in [-0.05, 0) is 41.3 Å². The van der Waals surface area contributed by atoms with Crippen LogP contribution in [0.4, 0.5) is 5.82 Å². The molecule has 0 spiro atoms. The summed E-state index contributed by atoms with van der Waals surface area (Å²) >= 11 is 0. The topological polar surface area (TPSA) is 110 Å². The van der Waals surface area contributed by atoms with E-state index in [4.69, 9.17) is 16.9 Å². The molecule has 5 rings (SSSR count). The van der Waals surface area contributed by atoms with Crippen molar-refractivity contribution in [1.29, 1.82) is 5.41 Å². The van der Waals surface area contributed by atoms with Crippen LogP contribution in [-0.2, 0) is 11.3 Å². The number of anilines is 1. The lowest BCUT2D eigenvalue weighted by molar-refractivity contribution is -0.122. The number of aromatic nitrogens is 1. The first-order chi connectivity index (χ1) is 15.9. The minimum absolute atomic E-state index is 0.0171. The molecule has 168 valence electrons. The monoisotopic (exact) mass is 439 g/mol. The third kappa shape index (κ3) is 3.98. The molecule has 1 aliphatic rings. The second-order valence-corrected chi connectivity index (χ2v) is 9.11. The number of benzene rings is 3. The predicted octanol–water partition coefficient (Wildman–Crippen LogP) is 4.73. The van der Waals surface area contributed by atoms with E-state index in [0.29, 0.717) is 30.8 Å². The molecular weight excluding hydrogens is 410 g/mol. The first-order valence-corrected chi connectivity index (χ1v) is 11.5. The molecule has 0 unspecified atom stereocenters. The van der Waals surface area contributed by atoms with Crippen molar-refractivity contribution in [3.63, 3.8) is 0 Å². The molecular formula is C27H29N5O. The lowest BCUT2D eigenvalue weighted by Gasteiger charge is -2.32. The summed E-state index contributed by atoms with van der Waals surface area (Å²) in [5.41, 5.74) is 14.2. The van der Waals surface area contributed by atoms with Crippen molar-refractivity contribution in [1.82, 2.24) is 4.57 Å². The van der Waals surface area contributed by atoms with Crippen molar-refractivity contribution >= 4 is 39.2 Å². The minimum Gasteiger partial charge on any atom is -0.384 e. The van der Waals surface area contributed by atoms with Crippen molar-refractivity contribution in [2.24, 2.45) is 11.5 Å². The Morgan fingerprint density at radius 3 is 2.52 bits per heavy atom. The smallest absolute Gasteiger partial charge is 0.245 e. The molecule has 1 heterocycles. The molecule has 1 aliphatic carbocycles. The zero-order valence-electron chi connectivity index (χ0n) is 18.6. The Morgan fingerprint density at radius 2 is 1.73 bits per heavy atom. The SMILES string of the molecule is N=C(N)c1ccc2cc(NC(=O)C3(N)CCCCC3)n(Cc3cccc4ccccc34)c2c1. The fourth-order valence-corrected chi connectivity index (χ4v) is 4.95. The van der Waals surface area contributed by atoms with Gasteiger partial charge in [-0.15, -0.1) is 0 Å². The van der Waals surface area contributed by atoms with Gasteiger partial charge in [0.2, 0.25) is 5.91 Å². The van der Waals surface area contributed by atoms with Crippen molar-refractivity contribution in [3.8, 4) is 0 Å². The Morgan fingerprint density at radius 1 is 0.970 bits per heavy atom. The molecule has 1 aromatic heterocycles. The molecule has 6 heteroatoms. The third-order valence-corrected chi connectivity index (χ3v) is 6.86. The molecule has 0 radical (unpaired) electrons. The van der Waals surface area contributed by atoms with Crippen LogP contribution in [0.15, 0.2) is 66.7 Å². The normalized spacial score (nSPS) is 15.5. The highest BCUT2D eigenvalue weighted by Gasteiger charge is 2.35. The van der Waals surface area contributed by atoms with Crippen LogP contribution >= 0.6 is 0 Å². The highest BCUT2D eigenvalue weighted by molar-refractivity contribution is 6.02. The molecule has 0 atom stereocenters. The van der Waals surface area contributed by atoms with E-state index in [1.165, 1.54) is 10.8 Å². The number of carbonyl (C=O) groups excluding carboxylic acids is 1. The van der Waals surface area contributed by atoms with Crippen LogP contribution in [0, 0.1) is 5.41 Å². The first-order valence-electron chi connectivity index (χ1n) is 11.5. The van der Waals surface area contributed by atoms with Gasteiger partial charge >= 0.3 is 0 Å².